The van der Waals surface area contributed by atoms with Crippen molar-refractivity contribution in [2.75, 3.05) is 25.9 Å². The van der Waals surface area contributed by atoms with Crippen molar-refractivity contribution in [2.24, 2.45) is 0 Å². The second kappa shape index (κ2) is 7.56. The molecule has 0 spiro atoms. The minimum Gasteiger partial charge on any atom is -0.384 e. The van der Waals surface area contributed by atoms with Gasteiger partial charge in [0.25, 0.3) is 5.91 Å². The third-order valence-corrected chi connectivity index (χ3v) is 4.74. The normalized spacial score (nSPS) is 17.3. The smallest absolute Gasteiger partial charge is 0.254 e. The number of benzene rings is 1. The summed E-state index contributed by atoms with van der Waals surface area (Å²) in [6, 6.07) is 6.81. The molecule has 0 bridgehead atoms. The van der Waals surface area contributed by atoms with Crippen molar-refractivity contribution in [1.82, 2.24) is 19.8 Å². The highest BCUT2D eigenvalue weighted by atomic mass is 35.5. The van der Waals surface area contributed by atoms with Gasteiger partial charge in [0.1, 0.15) is 11.6 Å². The Morgan fingerprint density at radius 1 is 1.36 bits per heavy atom. The van der Waals surface area contributed by atoms with Gasteiger partial charge in [-0.1, -0.05) is 23.2 Å². The highest BCUT2D eigenvalue weighted by molar-refractivity contribution is 6.35. The summed E-state index contributed by atoms with van der Waals surface area (Å²) in [6.45, 7) is 1.91. The highest BCUT2D eigenvalue weighted by Gasteiger charge is 2.30. The van der Waals surface area contributed by atoms with E-state index < -0.39 is 0 Å². The zero-order valence-corrected chi connectivity index (χ0v) is 15.3. The van der Waals surface area contributed by atoms with E-state index in [1.54, 1.807) is 30.5 Å². The summed E-state index contributed by atoms with van der Waals surface area (Å²) >= 11 is 12.0. The number of nitrogens with zero attached hydrogens (tertiary/aromatic N) is 4. The highest BCUT2D eigenvalue weighted by Crippen LogP contribution is 2.23. The Labute approximate surface area is 156 Å². The van der Waals surface area contributed by atoms with Gasteiger partial charge < -0.3 is 10.6 Å². The SMILES string of the molecule is CN(Cc1nccc(N)n1)[C@H]1CCN(C(=O)c2cc(Cl)cc(Cl)c2)C1. The van der Waals surface area contributed by atoms with Crippen LogP contribution in [0.25, 0.3) is 0 Å². The lowest BCUT2D eigenvalue weighted by Crippen LogP contribution is -2.36. The van der Waals surface area contributed by atoms with Crippen molar-refractivity contribution in [2.45, 2.75) is 19.0 Å². The Morgan fingerprint density at radius 3 is 2.76 bits per heavy atom. The van der Waals surface area contributed by atoms with Crippen LogP contribution in [0.1, 0.15) is 22.6 Å². The van der Waals surface area contributed by atoms with Crippen LogP contribution in [0.2, 0.25) is 10.0 Å². The molecular weight excluding hydrogens is 361 g/mol. The van der Waals surface area contributed by atoms with Crippen molar-refractivity contribution in [3.8, 4) is 0 Å². The zero-order valence-electron chi connectivity index (χ0n) is 13.8. The lowest BCUT2D eigenvalue weighted by atomic mass is 10.2. The van der Waals surface area contributed by atoms with Crippen LogP contribution in [0.3, 0.4) is 0 Å². The summed E-state index contributed by atoms with van der Waals surface area (Å²) in [6.07, 6.45) is 2.54. The second-order valence-corrected chi connectivity index (χ2v) is 7.04. The van der Waals surface area contributed by atoms with Crippen LogP contribution >= 0.6 is 23.2 Å². The van der Waals surface area contributed by atoms with E-state index in [9.17, 15) is 4.79 Å². The van der Waals surface area contributed by atoms with Gasteiger partial charge in [-0.25, -0.2) is 9.97 Å². The van der Waals surface area contributed by atoms with Crippen LogP contribution in [0.15, 0.2) is 30.5 Å². The molecule has 1 atom stereocenters. The molecule has 1 aromatic carbocycles. The number of aromatic nitrogens is 2. The Bertz CT molecular complexity index is 765. The van der Waals surface area contributed by atoms with Gasteiger partial charge in [-0.15, -0.1) is 0 Å². The fourth-order valence-electron chi connectivity index (χ4n) is 2.99. The van der Waals surface area contributed by atoms with Crippen LogP contribution in [0.5, 0.6) is 0 Å². The van der Waals surface area contributed by atoms with Gasteiger partial charge in [0.2, 0.25) is 0 Å². The maximum Gasteiger partial charge on any atom is 0.254 e. The van der Waals surface area contributed by atoms with E-state index in [-0.39, 0.29) is 11.9 Å². The van der Waals surface area contributed by atoms with Crippen LogP contribution in [-0.4, -0.2) is 51.9 Å². The molecule has 6 nitrogen and oxygen atoms in total. The number of anilines is 1. The average molecular weight is 380 g/mol. The molecule has 0 aliphatic carbocycles. The van der Waals surface area contributed by atoms with Crippen molar-refractivity contribution in [1.29, 1.82) is 0 Å². The molecule has 1 fully saturated rings. The van der Waals surface area contributed by atoms with E-state index in [2.05, 4.69) is 14.9 Å². The van der Waals surface area contributed by atoms with Crippen LogP contribution in [0.4, 0.5) is 5.82 Å². The summed E-state index contributed by atoms with van der Waals surface area (Å²) in [5.41, 5.74) is 6.21. The third-order valence-electron chi connectivity index (χ3n) is 4.30. The summed E-state index contributed by atoms with van der Waals surface area (Å²) in [5, 5.41) is 0.921. The molecule has 1 amide bonds. The first-order valence-electron chi connectivity index (χ1n) is 7.95. The maximum absolute atomic E-state index is 12.7. The third kappa shape index (κ3) is 4.39. The molecule has 8 heteroatoms. The van der Waals surface area contributed by atoms with Crippen LogP contribution in [-0.2, 0) is 6.54 Å². The molecule has 1 aliphatic heterocycles. The fraction of sp³-hybridized carbons (Fsp3) is 0.353. The van der Waals surface area contributed by atoms with Gasteiger partial charge in [-0.3, -0.25) is 9.69 Å². The number of amides is 1. The van der Waals surface area contributed by atoms with E-state index in [0.29, 0.717) is 46.9 Å². The predicted molar refractivity (Wildman–Crippen MR) is 98.7 cm³/mol. The maximum atomic E-state index is 12.7. The number of halogens is 2. The number of nitrogen functional groups attached to an aromatic ring is 1. The Kier molecular flexibility index (Phi) is 5.42. The summed E-state index contributed by atoms with van der Waals surface area (Å²) < 4.78 is 0. The number of likely N-dealkylation sites (N-methyl/N-ethyl adjacent to an activating group) is 1. The van der Waals surface area contributed by atoms with E-state index in [1.807, 2.05) is 11.9 Å². The lowest BCUT2D eigenvalue weighted by Gasteiger charge is -2.24. The van der Waals surface area contributed by atoms with Crippen LogP contribution < -0.4 is 5.73 Å². The average Bonchev–Trinajstić information content (AvgIpc) is 3.03. The molecule has 132 valence electrons. The molecule has 0 radical (unpaired) electrons. The van der Waals surface area contributed by atoms with Crippen molar-refractivity contribution in [3.63, 3.8) is 0 Å². The molecule has 2 aromatic rings. The molecule has 1 saturated heterocycles. The van der Waals surface area contributed by atoms with Crippen molar-refractivity contribution in [3.05, 3.63) is 51.9 Å². The molecule has 25 heavy (non-hydrogen) atoms. The molecule has 3 rings (SSSR count). The number of carbonyl (C=O) groups is 1. The Hall–Kier alpha value is -1.89. The summed E-state index contributed by atoms with van der Waals surface area (Å²) in [5.74, 6) is 1.08. The van der Waals surface area contributed by atoms with E-state index >= 15 is 0 Å². The molecule has 0 unspecified atom stereocenters. The Morgan fingerprint density at radius 2 is 2.08 bits per heavy atom. The van der Waals surface area contributed by atoms with Gasteiger partial charge in [0.15, 0.2) is 0 Å². The van der Waals surface area contributed by atoms with E-state index in [1.165, 1.54) is 0 Å². The van der Waals surface area contributed by atoms with Crippen LogP contribution in [0, 0.1) is 0 Å². The molecule has 0 saturated carbocycles. The lowest BCUT2D eigenvalue weighted by molar-refractivity contribution is 0.0779. The monoisotopic (exact) mass is 379 g/mol. The Balaban J connectivity index is 1.63. The number of hydrogen-bond donors (Lipinski definition) is 1. The predicted octanol–water partition coefficient (Wildman–Crippen LogP) is 2.71. The zero-order chi connectivity index (χ0) is 18.0. The van der Waals surface area contributed by atoms with Gasteiger partial charge in [0.05, 0.1) is 6.54 Å². The first-order chi connectivity index (χ1) is 11.9. The van der Waals surface area contributed by atoms with Gasteiger partial charge >= 0.3 is 0 Å². The molecule has 1 aromatic heterocycles. The minimum absolute atomic E-state index is 0.0551. The molecule has 1 aliphatic rings. The number of rotatable bonds is 4. The van der Waals surface area contributed by atoms with Gasteiger partial charge in [-0.05, 0) is 37.7 Å². The number of nitrogens with two attached hydrogens (primary N) is 1. The second-order valence-electron chi connectivity index (χ2n) is 6.16. The quantitative estimate of drug-likeness (QED) is 0.883. The molecule has 2 N–H and O–H groups in total. The van der Waals surface area contributed by atoms with E-state index in [0.717, 1.165) is 6.42 Å². The van der Waals surface area contributed by atoms with Crippen molar-refractivity contribution >= 4 is 34.9 Å². The number of likely N-dealkylation sites (tertiary alicyclic amines) is 1. The fourth-order valence-corrected chi connectivity index (χ4v) is 3.52. The first kappa shape index (κ1) is 17.9. The molecule has 2 heterocycles. The summed E-state index contributed by atoms with van der Waals surface area (Å²) in [4.78, 5) is 25.1. The van der Waals surface area contributed by atoms with Gasteiger partial charge in [0, 0.05) is 40.9 Å². The largest absolute Gasteiger partial charge is 0.384 e. The van der Waals surface area contributed by atoms with Gasteiger partial charge in [-0.2, -0.15) is 0 Å². The topological polar surface area (TPSA) is 75.4 Å². The molecular formula is C17H19Cl2N5O. The van der Waals surface area contributed by atoms with E-state index in [4.69, 9.17) is 28.9 Å². The number of carbonyl (C=O) groups excluding carboxylic acids is 1. The standard InChI is InChI=1S/C17H19Cl2N5O/c1-23(10-16-21-4-2-15(20)22-16)14-3-5-24(9-14)17(25)11-6-12(18)8-13(19)7-11/h2,4,6-8,14H,3,5,9-10H2,1H3,(H2,20,21,22)/t14-/m0/s1. The van der Waals surface area contributed by atoms with Crippen molar-refractivity contribution < 1.29 is 4.79 Å². The minimum atomic E-state index is -0.0551. The summed E-state index contributed by atoms with van der Waals surface area (Å²) in [7, 11) is 2.00. The first-order valence-corrected chi connectivity index (χ1v) is 8.71. The number of hydrogen-bond acceptors (Lipinski definition) is 5.